The van der Waals surface area contributed by atoms with E-state index in [2.05, 4.69) is 0 Å². The molecule has 1 aromatic heterocycles. The zero-order chi connectivity index (χ0) is 16.6. The van der Waals surface area contributed by atoms with Crippen LogP contribution in [0.4, 0.5) is 0 Å². The van der Waals surface area contributed by atoms with Crippen LogP contribution < -0.4 is 15.1 Å². The smallest absolute Gasteiger partial charge is 0.379 e. The molecule has 3 rings (SSSR count). The zero-order valence-corrected chi connectivity index (χ0v) is 13.4. The molecule has 1 heterocycles. The lowest BCUT2D eigenvalue weighted by Crippen LogP contribution is -2.08. The summed E-state index contributed by atoms with van der Waals surface area (Å²) in [6.07, 6.45) is 2.79. The van der Waals surface area contributed by atoms with E-state index in [1.54, 1.807) is 12.1 Å². The number of para-hydroxylation sites is 2. The first-order valence-corrected chi connectivity index (χ1v) is 8.16. The molecular formula is C20H20O4. The zero-order valence-electron chi connectivity index (χ0n) is 13.4. The number of hydrogen-bond acceptors (Lipinski definition) is 4. The van der Waals surface area contributed by atoms with Crippen molar-refractivity contribution in [1.29, 1.82) is 0 Å². The largest absolute Gasteiger partial charge is 0.494 e. The summed E-state index contributed by atoms with van der Waals surface area (Å²) in [4.78, 5) is 11.8. The van der Waals surface area contributed by atoms with Crippen LogP contribution in [-0.4, -0.2) is 13.2 Å². The van der Waals surface area contributed by atoms with Gasteiger partial charge in [-0.05, 0) is 43.5 Å². The minimum Gasteiger partial charge on any atom is -0.494 e. The summed E-state index contributed by atoms with van der Waals surface area (Å²) >= 11 is 0. The Hall–Kier alpha value is -2.75. The standard InChI is InChI=1S/C20H20O4/c21-20-19(15-16-9-5-6-12-18(16)24-20)23-14-8-2-7-13-22-17-10-3-1-4-11-17/h1,3-6,9-12,15H,2,7-8,13-14H2. The topological polar surface area (TPSA) is 48.7 Å². The van der Waals surface area contributed by atoms with E-state index in [9.17, 15) is 4.79 Å². The Labute approximate surface area is 140 Å². The van der Waals surface area contributed by atoms with E-state index in [4.69, 9.17) is 13.9 Å². The molecule has 4 nitrogen and oxygen atoms in total. The van der Waals surface area contributed by atoms with Gasteiger partial charge in [-0.1, -0.05) is 36.4 Å². The Kier molecular flexibility index (Phi) is 5.51. The third-order valence-electron chi connectivity index (χ3n) is 3.67. The van der Waals surface area contributed by atoms with Gasteiger partial charge >= 0.3 is 5.63 Å². The number of benzene rings is 2. The van der Waals surface area contributed by atoms with Crippen LogP contribution in [0.1, 0.15) is 19.3 Å². The van der Waals surface area contributed by atoms with Crippen LogP contribution in [-0.2, 0) is 0 Å². The third-order valence-corrected chi connectivity index (χ3v) is 3.67. The van der Waals surface area contributed by atoms with Crippen LogP contribution in [0.3, 0.4) is 0 Å². The molecule has 0 amide bonds. The maximum Gasteiger partial charge on any atom is 0.379 e. The highest BCUT2D eigenvalue weighted by atomic mass is 16.5. The fourth-order valence-electron chi connectivity index (χ4n) is 2.41. The van der Waals surface area contributed by atoms with Gasteiger partial charge in [0.2, 0.25) is 5.75 Å². The summed E-state index contributed by atoms with van der Waals surface area (Å²) in [5.74, 6) is 1.16. The quantitative estimate of drug-likeness (QED) is 0.454. The molecule has 0 fully saturated rings. The summed E-state index contributed by atoms with van der Waals surface area (Å²) in [5.41, 5.74) is 0.147. The van der Waals surface area contributed by atoms with Crippen molar-refractivity contribution in [2.24, 2.45) is 0 Å². The SMILES string of the molecule is O=c1oc2ccccc2cc1OCCCCCOc1ccccc1. The molecule has 124 valence electrons. The van der Waals surface area contributed by atoms with E-state index in [0.717, 1.165) is 30.4 Å². The second-order valence-corrected chi connectivity index (χ2v) is 5.51. The number of rotatable bonds is 8. The van der Waals surface area contributed by atoms with Crippen molar-refractivity contribution in [2.75, 3.05) is 13.2 Å². The molecule has 2 aromatic carbocycles. The first-order valence-electron chi connectivity index (χ1n) is 8.16. The summed E-state index contributed by atoms with van der Waals surface area (Å²) in [5, 5.41) is 0.864. The van der Waals surface area contributed by atoms with Gasteiger partial charge in [-0.3, -0.25) is 0 Å². The average molecular weight is 324 g/mol. The van der Waals surface area contributed by atoms with E-state index in [0.29, 0.717) is 18.8 Å². The lowest BCUT2D eigenvalue weighted by molar-refractivity contribution is 0.273. The van der Waals surface area contributed by atoms with Crippen molar-refractivity contribution in [3.05, 3.63) is 71.1 Å². The molecule has 0 radical (unpaired) electrons. The highest BCUT2D eigenvalue weighted by molar-refractivity contribution is 5.77. The maximum atomic E-state index is 11.8. The Morgan fingerprint density at radius 3 is 2.33 bits per heavy atom. The van der Waals surface area contributed by atoms with E-state index in [1.165, 1.54) is 0 Å². The fourth-order valence-corrected chi connectivity index (χ4v) is 2.41. The lowest BCUT2D eigenvalue weighted by atomic mass is 10.2. The van der Waals surface area contributed by atoms with Crippen LogP contribution in [0.5, 0.6) is 11.5 Å². The molecule has 0 saturated heterocycles. The van der Waals surface area contributed by atoms with Crippen molar-refractivity contribution in [1.82, 2.24) is 0 Å². The normalized spacial score (nSPS) is 10.7. The van der Waals surface area contributed by atoms with Crippen molar-refractivity contribution in [3.63, 3.8) is 0 Å². The molecule has 0 aliphatic carbocycles. The molecule has 0 aliphatic heterocycles. The van der Waals surface area contributed by atoms with Crippen LogP contribution in [0.15, 0.2) is 69.9 Å². The molecule has 0 atom stereocenters. The number of unbranched alkanes of at least 4 members (excludes halogenated alkanes) is 2. The minimum absolute atomic E-state index is 0.272. The van der Waals surface area contributed by atoms with Gasteiger partial charge in [0.1, 0.15) is 11.3 Å². The van der Waals surface area contributed by atoms with Gasteiger partial charge in [0.05, 0.1) is 13.2 Å². The molecule has 0 spiro atoms. The lowest BCUT2D eigenvalue weighted by Gasteiger charge is -2.07. The van der Waals surface area contributed by atoms with E-state index < -0.39 is 5.63 Å². The molecule has 0 N–H and O–H groups in total. The van der Waals surface area contributed by atoms with Gasteiger partial charge in [0, 0.05) is 5.39 Å². The third kappa shape index (κ3) is 4.38. The highest BCUT2D eigenvalue weighted by Gasteiger charge is 2.05. The molecule has 0 aliphatic rings. The molecular weight excluding hydrogens is 304 g/mol. The predicted octanol–water partition coefficient (Wildman–Crippen LogP) is 4.42. The Balaban J connectivity index is 1.39. The van der Waals surface area contributed by atoms with Crippen molar-refractivity contribution < 1.29 is 13.9 Å². The first-order chi connectivity index (χ1) is 11.8. The predicted molar refractivity (Wildman–Crippen MR) is 93.8 cm³/mol. The van der Waals surface area contributed by atoms with E-state index >= 15 is 0 Å². The number of hydrogen-bond donors (Lipinski definition) is 0. The van der Waals surface area contributed by atoms with Crippen LogP contribution >= 0.6 is 0 Å². The summed E-state index contributed by atoms with van der Waals surface area (Å²) in [6.45, 7) is 1.18. The molecule has 3 aromatic rings. The maximum absolute atomic E-state index is 11.8. The van der Waals surface area contributed by atoms with Crippen molar-refractivity contribution >= 4 is 11.0 Å². The molecule has 0 bridgehead atoms. The summed E-state index contributed by atoms with van der Waals surface area (Å²) in [7, 11) is 0. The highest BCUT2D eigenvalue weighted by Crippen LogP contribution is 2.16. The van der Waals surface area contributed by atoms with Crippen LogP contribution in [0, 0.1) is 0 Å². The van der Waals surface area contributed by atoms with E-state index in [-0.39, 0.29) is 5.75 Å². The van der Waals surface area contributed by atoms with Gasteiger partial charge in [0.15, 0.2) is 0 Å². The number of ether oxygens (including phenoxy) is 2. The van der Waals surface area contributed by atoms with Gasteiger partial charge in [-0.2, -0.15) is 0 Å². The Bertz CT molecular complexity index is 824. The van der Waals surface area contributed by atoms with Gasteiger partial charge in [0.25, 0.3) is 0 Å². The van der Waals surface area contributed by atoms with Gasteiger partial charge in [-0.15, -0.1) is 0 Å². The van der Waals surface area contributed by atoms with E-state index in [1.807, 2.05) is 48.5 Å². The minimum atomic E-state index is -0.430. The van der Waals surface area contributed by atoms with Gasteiger partial charge < -0.3 is 13.9 Å². The van der Waals surface area contributed by atoms with Crippen LogP contribution in [0.2, 0.25) is 0 Å². The average Bonchev–Trinajstić information content (AvgIpc) is 2.62. The molecule has 0 saturated carbocycles. The fraction of sp³-hybridized carbons (Fsp3) is 0.250. The van der Waals surface area contributed by atoms with Crippen molar-refractivity contribution in [3.8, 4) is 11.5 Å². The Morgan fingerprint density at radius 1 is 0.792 bits per heavy atom. The molecule has 24 heavy (non-hydrogen) atoms. The molecule has 4 heteroatoms. The number of fused-ring (bicyclic) bond motifs is 1. The second kappa shape index (κ2) is 8.20. The first kappa shape index (κ1) is 16.1. The van der Waals surface area contributed by atoms with Gasteiger partial charge in [-0.25, -0.2) is 4.79 Å². The monoisotopic (exact) mass is 324 g/mol. The molecule has 0 unspecified atom stereocenters. The second-order valence-electron chi connectivity index (χ2n) is 5.51. The Morgan fingerprint density at radius 2 is 1.50 bits per heavy atom. The van der Waals surface area contributed by atoms with Crippen molar-refractivity contribution in [2.45, 2.75) is 19.3 Å². The summed E-state index contributed by atoms with van der Waals surface area (Å²) < 4.78 is 16.4. The summed E-state index contributed by atoms with van der Waals surface area (Å²) in [6, 6.07) is 18.9. The van der Waals surface area contributed by atoms with Crippen LogP contribution in [0.25, 0.3) is 11.0 Å².